The molecule has 1 atom stereocenters. The monoisotopic (exact) mass is 343 g/mol. The third-order valence-corrected chi connectivity index (χ3v) is 4.81. The fourth-order valence-electron chi connectivity index (χ4n) is 1.79. The highest BCUT2D eigenvalue weighted by Gasteiger charge is 2.10. The molecule has 1 aromatic heterocycles. The standard InChI is InChI=1S/C14H15BrClNS/c1-9-5-6-18-14(9)8-17-10(2)12-4-3-11(15)7-13(12)16/h3-7,10,17H,8H2,1-2H3. The predicted molar refractivity (Wildman–Crippen MR) is 83.5 cm³/mol. The number of halogens is 2. The van der Waals surface area contributed by atoms with Gasteiger partial charge in [-0.15, -0.1) is 11.3 Å². The summed E-state index contributed by atoms with van der Waals surface area (Å²) in [6.07, 6.45) is 0. The van der Waals surface area contributed by atoms with Gasteiger partial charge in [-0.05, 0) is 48.6 Å². The Morgan fingerprint density at radius 3 is 2.78 bits per heavy atom. The Morgan fingerprint density at radius 2 is 2.17 bits per heavy atom. The number of benzene rings is 1. The zero-order chi connectivity index (χ0) is 13.1. The normalized spacial score (nSPS) is 12.7. The highest BCUT2D eigenvalue weighted by atomic mass is 79.9. The molecule has 0 radical (unpaired) electrons. The van der Waals surface area contributed by atoms with Crippen molar-refractivity contribution in [3.8, 4) is 0 Å². The van der Waals surface area contributed by atoms with Crippen LogP contribution in [0.15, 0.2) is 34.1 Å². The summed E-state index contributed by atoms with van der Waals surface area (Å²) in [7, 11) is 0. The Labute approximate surface area is 125 Å². The van der Waals surface area contributed by atoms with E-state index in [1.54, 1.807) is 11.3 Å². The summed E-state index contributed by atoms with van der Waals surface area (Å²) >= 11 is 11.5. The Morgan fingerprint density at radius 1 is 1.39 bits per heavy atom. The van der Waals surface area contributed by atoms with Gasteiger partial charge in [0.25, 0.3) is 0 Å². The maximum absolute atomic E-state index is 6.25. The van der Waals surface area contributed by atoms with Gasteiger partial charge in [-0.2, -0.15) is 0 Å². The zero-order valence-electron chi connectivity index (χ0n) is 10.3. The summed E-state index contributed by atoms with van der Waals surface area (Å²) in [6, 6.07) is 8.41. The Hall–Kier alpha value is -0.350. The summed E-state index contributed by atoms with van der Waals surface area (Å²) < 4.78 is 1.01. The van der Waals surface area contributed by atoms with Gasteiger partial charge < -0.3 is 5.32 Å². The summed E-state index contributed by atoms with van der Waals surface area (Å²) in [5.41, 5.74) is 2.48. The van der Waals surface area contributed by atoms with Gasteiger partial charge in [0.05, 0.1) is 0 Å². The molecule has 0 saturated carbocycles. The predicted octanol–water partition coefficient (Wildman–Crippen LogP) is 5.32. The van der Waals surface area contributed by atoms with Gasteiger partial charge in [-0.1, -0.05) is 33.6 Å². The van der Waals surface area contributed by atoms with Gasteiger partial charge >= 0.3 is 0 Å². The highest BCUT2D eigenvalue weighted by Crippen LogP contribution is 2.27. The van der Waals surface area contributed by atoms with Crippen LogP contribution in [0.2, 0.25) is 5.02 Å². The van der Waals surface area contributed by atoms with E-state index in [9.17, 15) is 0 Å². The molecule has 0 aliphatic rings. The maximum atomic E-state index is 6.25. The minimum atomic E-state index is 0.243. The van der Waals surface area contributed by atoms with E-state index in [4.69, 9.17) is 11.6 Å². The Bertz CT molecular complexity index is 538. The highest BCUT2D eigenvalue weighted by molar-refractivity contribution is 9.10. The Kier molecular flexibility index (Phi) is 4.84. The van der Waals surface area contributed by atoms with Crippen molar-refractivity contribution in [1.29, 1.82) is 0 Å². The lowest BCUT2D eigenvalue weighted by Crippen LogP contribution is -2.18. The van der Waals surface area contributed by atoms with Crippen molar-refractivity contribution in [2.45, 2.75) is 26.4 Å². The van der Waals surface area contributed by atoms with Gasteiger partial charge in [0.15, 0.2) is 0 Å². The number of rotatable bonds is 4. The molecule has 0 aliphatic heterocycles. The lowest BCUT2D eigenvalue weighted by molar-refractivity contribution is 0.578. The number of aryl methyl sites for hydroxylation is 1. The molecule has 0 aliphatic carbocycles. The molecule has 18 heavy (non-hydrogen) atoms. The van der Waals surface area contributed by atoms with Crippen LogP contribution in [-0.4, -0.2) is 0 Å². The lowest BCUT2D eigenvalue weighted by Gasteiger charge is -2.15. The molecule has 2 rings (SSSR count). The van der Waals surface area contributed by atoms with Crippen molar-refractivity contribution in [3.05, 3.63) is 55.1 Å². The molecule has 0 bridgehead atoms. The van der Waals surface area contributed by atoms with Gasteiger partial charge in [-0.3, -0.25) is 0 Å². The fraction of sp³-hybridized carbons (Fsp3) is 0.286. The van der Waals surface area contributed by atoms with E-state index in [-0.39, 0.29) is 6.04 Å². The van der Waals surface area contributed by atoms with Crippen molar-refractivity contribution in [3.63, 3.8) is 0 Å². The van der Waals surface area contributed by atoms with E-state index >= 15 is 0 Å². The van der Waals surface area contributed by atoms with Crippen molar-refractivity contribution in [2.75, 3.05) is 0 Å². The second-order valence-electron chi connectivity index (χ2n) is 4.30. The van der Waals surface area contributed by atoms with E-state index in [1.165, 1.54) is 10.4 Å². The number of hydrogen-bond donors (Lipinski definition) is 1. The lowest BCUT2D eigenvalue weighted by atomic mass is 10.1. The molecular weight excluding hydrogens is 330 g/mol. The third-order valence-electron chi connectivity index (χ3n) is 2.97. The number of thiophene rings is 1. The van der Waals surface area contributed by atoms with Crippen LogP contribution in [0.5, 0.6) is 0 Å². The first kappa shape index (κ1) is 14.1. The van der Waals surface area contributed by atoms with Crippen LogP contribution in [0.3, 0.4) is 0 Å². The quantitative estimate of drug-likeness (QED) is 0.791. The molecule has 0 spiro atoms. The van der Waals surface area contributed by atoms with Crippen LogP contribution in [0.4, 0.5) is 0 Å². The molecule has 1 nitrogen and oxygen atoms in total. The molecule has 1 unspecified atom stereocenters. The second-order valence-corrected chi connectivity index (χ2v) is 6.62. The molecule has 0 amide bonds. The van der Waals surface area contributed by atoms with Crippen molar-refractivity contribution in [1.82, 2.24) is 5.32 Å². The maximum Gasteiger partial charge on any atom is 0.0464 e. The van der Waals surface area contributed by atoms with Crippen molar-refractivity contribution < 1.29 is 0 Å². The minimum Gasteiger partial charge on any atom is -0.305 e. The minimum absolute atomic E-state index is 0.243. The zero-order valence-corrected chi connectivity index (χ0v) is 13.5. The average molecular weight is 345 g/mol. The van der Waals surface area contributed by atoms with E-state index in [0.29, 0.717) is 0 Å². The molecule has 1 heterocycles. The molecule has 0 fully saturated rings. The van der Waals surface area contributed by atoms with Gasteiger partial charge in [0.2, 0.25) is 0 Å². The van der Waals surface area contributed by atoms with E-state index < -0.39 is 0 Å². The van der Waals surface area contributed by atoms with Crippen LogP contribution >= 0.6 is 38.9 Å². The topological polar surface area (TPSA) is 12.0 Å². The first-order valence-electron chi connectivity index (χ1n) is 5.79. The van der Waals surface area contributed by atoms with Crippen molar-refractivity contribution in [2.24, 2.45) is 0 Å². The summed E-state index contributed by atoms with van der Waals surface area (Å²) in [6.45, 7) is 5.17. The largest absolute Gasteiger partial charge is 0.305 e. The average Bonchev–Trinajstić information content (AvgIpc) is 2.72. The molecule has 2 aromatic rings. The van der Waals surface area contributed by atoms with Crippen molar-refractivity contribution >= 4 is 38.9 Å². The molecule has 1 N–H and O–H groups in total. The van der Waals surface area contributed by atoms with E-state index in [2.05, 4.69) is 52.6 Å². The van der Waals surface area contributed by atoms with Crippen LogP contribution < -0.4 is 5.32 Å². The van der Waals surface area contributed by atoms with Crippen LogP contribution in [0, 0.1) is 6.92 Å². The SMILES string of the molecule is Cc1ccsc1CNC(C)c1ccc(Br)cc1Cl. The summed E-state index contributed by atoms with van der Waals surface area (Å²) in [5.74, 6) is 0. The molecule has 1 aromatic carbocycles. The third kappa shape index (κ3) is 3.35. The second kappa shape index (κ2) is 6.20. The Balaban J connectivity index is 2.03. The molecule has 0 saturated heterocycles. The fourth-order valence-corrected chi connectivity index (χ4v) is 3.49. The summed E-state index contributed by atoms with van der Waals surface area (Å²) in [5, 5.41) is 6.44. The first-order chi connectivity index (χ1) is 8.58. The van der Waals surface area contributed by atoms with Gasteiger partial charge in [-0.25, -0.2) is 0 Å². The number of nitrogens with one attached hydrogen (secondary N) is 1. The smallest absolute Gasteiger partial charge is 0.0464 e. The van der Waals surface area contributed by atoms with Gasteiger partial charge in [0.1, 0.15) is 0 Å². The molecule has 4 heteroatoms. The van der Waals surface area contributed by atoms with Crippen LogP contribution in [0.25, 0.3) is 0 Å². The summed E-state index contributed by atoms with van der Waals surface area (Å²) in [4.78, 5) is 1.38. The van der Waals surface area contributed by atoms with Crippen LogP contribution in [-0.2, 0) is 6.54 Å². The first-order valence-corrected chi connectivity index (χ1v) is 7.84. The van der Waals surface area contributed by atoms with E-state index in [0.717, 1.165) is 21.6 Å². The molecule has 96 valence electrons. The van der Waals surface area contributed by atoms with Gasteiger partial charge in [0, 0.05) is 27.0 Å². The van der Waals surface area contributed by atoms with Crippen LogP contribution in [0.1, 0.15) is 29.0 Å². The number of hydrogen-bond acceptors (Lipinski definition) is 2. The molecular formula is C14H15BrClNS. The van der Waals surface area contributed by atoms with E-state index in [1.807, 2.05) is 12.1 Å².